The monoisotopic (exact) mass is 220 g/mol. The van der Waals surface area contributed by atoms with Gasteiger partial charge in [0.25, 0.3) is 0 Å². The summed E-state index contributed by atoms with van der Waals surface area (Å²) in [5.41, 5.74) is -0.258. The van der Waals surface area contributed by atoms with Crippen LogP contribution in [0.4, 0.5) is 8.78 Å². The predicted molar refractivity (Wildman–Crippen MR) is 51.2 cm³/mol. The average Bonchev–Trinajstić information content (AvgIpc) is 2.20. The highest BCUT2D eigenvalue weighted by molar-refractivity contribution is 7.80. The zero-order valence-corrected chi connectivity index (χ0v) is 8.09. The first-order valence-electron chi connectivity index (χ1n) is 3.98. The van der Waals surface area contributed by atoms with Gasteiger partial charge < -0.3 is 10.2 Å². The molecule has 2 atom stereocenters. The molecule has 0 saturated heterocycles. The SMILES string of the molecule is OC(CS)C(O)c1cccc(F)c1F. The van der Waals surface area contributed by atoms with Crippen LogP contribution in [0.3, 0.4) is 0 Å². The third-order valence-electron chi connectivity index (χ3n) is 1.85. The Morgan fingerprint density at radius 2 is 1.93 bits per heavy atom. The molecule has 1 aromatic carbocycles. The highest BCUT2D eigenvalue weighted by Gasteiger charge is 2.21. The fourth-order valence-electron chi connectivity index (χ4n) is 1.06. The van der Waals surface area contributed by atoms with Crippen molar-refractivity contribution in [2.45, 2.75) is 12.2 Å². The number of aliphatic hydroxyl groups is 2. The van der Waals surface area contributed by atoms with E-state index < -0.39 is 23.8 Å². The van der Waals surface area contributed by atoms with Crippen LogP contribution in [0, 0.1) is 11.6 Å². The Balaban J connectivity index is 3.01. The molecule has 2 N–H and O–H groups in total. The number of benzene rings is 1. The van der Waals surface area contributed by atoms with Crippen LogP contribution in [0.25, 0.3) is 0 Å². The van der Waals surface area contributed by atoms with Crippen molar-refractivity contribution in [1.29, 1.82) is 0 Å². The van der Waals surface area contributed by atoms with Crippen molar-refractivity contribution >= 4 is 12.6 Å². The lowest BCUT2D eigenvalue weighted by Crippen LogP contribution is -2.21. The highest BCUT2D eigenvalue weighted by Crippen LogP contribution is 2.22. The highest BCUT2D eigenvalue weighted by atomic mass is 32.1. The maximum Gasteiger partial charge on any atom is 0.164 e. The summed E-state index contributed by atoms with van der Waals surface area (Å²) in [5.74, 6) is -2.22. The maximum atomic E-state index is 13.1. The van der Waals surface area contributed by atoms with Crippen LogP contribution in [0.5, 0.6) is 0 Å². The third kappa shape index (κ3) is 2.23. The van der Waals surface area contributed by atoms with Crippen LogP contribution in [0.2, 0.25) is 0 Å². The molecule has 0 radical (unpaired) electrons. The molecule has 0 amide bonds. The van der Waals surface area contributed by atoms with Crippen LogP contribution < -0.4 is 0 Å². The molecule has 14 heavy (non-hydrogen) atoms. The van der Waals surface area contributed by atoms with E-state index in [4.69, 9.17) is 0 Å². The molecular formula is C9H10F2O2S. The first-order chi connectivity index (χ1) is 6.57. The molecule has 0 spiro atoms. The lowest BCUT2D eigenvalue weighted by Gasteiger charge is -2.16. The minimum Gasteiger partial charge on any atom is -0.389 e. The lowest BCUT2D eigenvalue weighted by atomic mass is 10.0. The topological polar surface area (TPSA) is 40.5 Å². The molecule has 0 aliphatic heterocycles. The molecule has 1 rings (SSSR count). The Bertz CT molecular complexity index is 320. The summed E-state index contributed by atoms with van der Waals surface area (Å²) in [4.78, 5) is 0. The van der Waals surface area contributed by atoms with Crippen LogP contribution in [0.1, 0.15) is 11.7 Å². The average molecular weight is 220 g/mol. The fourth-order valence-corrected chi connectivity index (χ4v) is 1.26. The van der Waals surface area contributed by atoms with E-state index in [2.05, 4.69) is 12.6 Å². The fraction of sp³-hybridized carbons (Fsp3) is 0.333. The van der Waals surface area contributed by atoms with Crippen molar-refractivity contribution in [3.63, 3.8) is 0 Å². The van der Waals surface area contributed by atoms with E-state index in [-0.39, 0.29) is 11.3 Å². The molecule has 0 heterocycles. The molecule has 0 aliphatic rings. The summed E-state index contributed by atoms with van der Waals surface area (Å²) >= 11 is 3.74. The van der Waals surface area contributed by atoms with Crippen LogP contribution >= 0.6 is 12.6 Å². The molecule has 0 bridgehead atoms. The minimum atomic E-state index is -1.46. The van der Waals surface area contributed by atoms with Gasteiger partial charge in [-0.15, -0.1) is 0 Å². The Hall–Kier alpha value is -0.650. The van der Waals surface area contributed by atoms with Gasteiger partial charge in [-0.2, -0.15) is 12.6 Å². The third-order valence-corrected chi connectivity index (χ3v) is 2.23. The van der Waals surface area contributed by atoms with Crippen molar-refractivity contribution in [2.75, 3.05) is 5.75 Å². The first-order valence-corrected chi connectivity index (χ1v) is 4.62. The maximum absolute atomic E-state index is 13.1. The van der Waals surface area contributed by atoms with Gasteiger partial charge in [-0.05, 0) is 6.07 Å². The molecule has 2 nitrogen and oxygen atoms in total. The van der Waals surface area contributed by atoms with Gasteiger partial charge in [0.05, 0.1) is 6.10 Å². The molecule has 0 saturated carbocycles. The number of hydrogen-bond donors (Lipinski definition) is 3. The van der Waals surface area contributed by atoms with E-state index in [0.29, 0.717) is 0 Å². The first kappa shape index (κ1) is 11.4. The second kappa shape index (κ2) is 4.72. The summed E-state index contributed by atoms with van der Waals surface area (Å²) in [7, 11) is 0. The van der Waals surface area contributed by atoms with E-state index in [1.165, 1.54) is 12.1 Å². The van der Waals surface area contributed by atoms with Crippen molar-refractivity contribution in [1.82, 2.24) is 0 Å². The minimum absolute atomic E-state index is 0.0306. The molecule has 5 heteroatoms. The molecule has 0 aliphatic carbocycles. The summed E-state index contributed by atoms with van der Waals surface area (Å²) in [6, 6.07) is 3.43. The zero-order valence-electron chi connectivity index (χ0n) is 7.19. The van der Waals surface area contributed by atoms with Crippen molar-refractivity contribution in [3.05, 3.63) is 35.4 Å². The molecule has 78 valence electrons. The molecular weight excluding hydrogens is 210 g/mol. The van der Waals surface area contributed by atoms with Crippen molar-refractivity contribution < 1.29 is 19.0 Å². The second-order valence-corrected chi connectivity index (χ2v) is 3.20. The molecule has 2 unspecified atom stereocenters. The standard InChI is InChI=1S/C9H10F2O2S/c10-6-3-1-2-5(8(6)11)9(13)7(12)4-14/h1-3,7,9,12-14H,4H2. The van der Waals surface area contributed by atoms with Crippen LogP contribution in [-0.2, 0) is 0 Å². The predicted octanol–water partition coefficient (Wildman–Crippen LogP) is 1.29. The summed E-state index contributed by atoms with van der Waals surface area (Å²) < 4.78 is 25.8. The largest absolute Gasteiger partial charge is 0.389 e. The van der Waals surface area contributed by atoms with Gasteiger partial charge in [0.15, 0.2) is 11.6 Å². The van der Waals surface area contributed by atoms with Crippen LogP contribution in [0.15, 0.2) is 18.2 Å². The smallest absolute Gasteiger partial charge is 0.164 e. The summed E-state index contributed by atoms with van der Waals surface area (Å²) in [6.07, 6.45) is -2.67. The molecule has 0 aromatic heterocycles. The van der Waals surface area contributed by atoms with E-state index in [0.717, 1.165) is 6.07 Å². The van der Waals surface area contributed by atoms with Gasteiger partial charge in [0.1, 0.15) is 6.10 Å². The summed E-state index contributed by atoms with van der Waals surface area (Å²) in [5, 5.41) is 18.6. The quantitative estimate of drug-likeness (QED) is 0.672. The number of thiol groups is 1. The van der Waals surface area contributed by atoms with Crippen molar-refractivity contribution in [2.24, 2.45) is 0 Å². The van der Waals surface area contributed by atoms with Gasteiger partial charge in [-0.3, -0.25) is 0 Å². The lowest BCUT2D eigenvalue weighted by molar-refractivity contribution is 0.0311. The number of hydrogen-bond acceptors (Lipinski definition) is 3. The molecule has 1 aromatic rings. The zero-order chi connectivity index (χ0) is 10.7. The summed E-state index contributed by atoms with van der Waals surface area (Å²) in [6.45, 7) is 0. The van der Waals surface area contributed by atoms with Crippen molar-refractivity contribution in [3.8, 4) is 0 Å². The van der Waals surface area contributed by atoms with E-state index in [1.807, 2.05) is 0 Å². The Morgan fingerprint density at radius 3 is 2.50 bits per heavy atom. The van der Waals surface area contributed by atoms with Crippen LogP contribution in [-0.4, -0.2) is 22.1 Å². The number of aliphatic hydroxyl groups excluding tert-OH is 2. The Morgan fingerprint density at radius 1 is 1.29 bits per heavy atom. The molecule has 0 fully saturated rings. The van der Waals surface area contributed by atoms with E-state index >= 15 is 0 Å². The van der Waals surface area contributed by atoms with Gasteiger partial charge >= 0.3 is 0 Å². The normalized spacial score (nSPS) is 15.2. The van der Waals surface area contributed by atoms with E-state index in [1.54, 1.807) is 0 Å². The van der Waals surface area contributed by atoms with Gasteiger partial charge in [-0.1, -0.05) is 12.1 Å². The van der Waals surface area contributed by atoms with Gasteiger partial charge in [0, 0.05) is 11.3 Å². The van der Waals surface area contributed by atoms with Gasteiger partial charge in [-0.25, -0.2) is 8.78 Å². The second-order valence-electron chi connectivity index (χ2n) is 2.84. The Labute approximate surface area is 85.6 Å². The number of halogens is 2. The van der Waals surface area contributed by atoms with Gasteiger partial charge in [0.2, 0.25) is 0 Å². The Kier molecular flexibility index (Phi) is 3.86. The number of rotatable bonds is 3. The van der Waals surface area contributed by atoms with E-state index in [9.17, 15) is 19.0 Å².